The van der Waals surface area contributed by atoms with E-state index in [1.165, 1.54) is 5.56 Å². The molecule has 0 radical (unpaired) electrons. The van der Waals surface area contributed by atoms with Crippen LogP contribution in [0.2, 0.25) is 5.02 Å². The van der Waals surface area contributed by atoms with E-state index in [0.717, 1.165) is 41.2 Å². The molecule has 0 aliphatic carbocycles. The maximum absolute atomic E-state index is 6.07. The van der Waals surface area contributed by atoms with Crippen LogP contribution in [0, 0.1) is 13.8 Å². The van der Waals surface area contributed by atoms with Gasteiger partial charge in [-0.25, -0.2) is 4.99 Å². The molecular formula is C17H27ClN6. The Kier molecular flexibility index (Phi) is 5.94. The molecule has 0 atom stereocenters. The van der Waals surface area contributed by atoms with Crippen LogP contribution in [0.4, 0.5) is 0 Å². The van der Waals surface area contributed by atoms with Crippen molar-refractivity contribution in [2.45, 2.75) is 33.9 Å². The number of guanidine groups is 1. The molecule has 6 nitrogen and oxygen atoms in total. The molecule has 0 bridgehead atoms. The highest BCUT2D eigenvalue weighted by Gasteiger charge is 2.12. The number of nitrogens with one attached hydrogen (secondary N) is 1. The van der Waals surface area contributed by atoms with Gasteiger partial charge in [0, 0.05) is 50.8 Å². The lowest BCUT2D eigenvalue weighted by Gasteiger charge is -2.22. The smallest absolute Gasteiger partial charge is 0.194 e. The van der Waals surface area contributed by atoms with Crippen molar-refractivity contribution in [3.63, 3.8) is 0 Å². The molecule has 0 fully saturated rings. The summed E-state index contributed by atoms with van der Waals surface area (Å²) in [6.07, 6.45) is 1.91. The van der Waals surface area contributed by atoms with Crippen molar-refractivity contribution in [2.24, 2.45) is 19.1 Å². The van der Waals surface area contributed by atoms with Gasteiger partial charge in [-0.05, 0) is 26.8 Å². The van der Waals surface area contributed by atoms with Crippen molar-refractivity contribution in [3.8, 4) is 0 Å². The minimum atomic E-state index is 0.617. The van der Waals surface area contributed by atoms with Gasteiger partial charge in [0.15, 0.2) is 5.96 Å². The van der Waals surface area contributed by atoms with E-state index in [1.54, 1.807) is 0 Å². The van der Waals surface area contributed by atoms with Crippen molar-refractivity contribution in [2.75, 3.05) is 13.6 Å². The van der Waals surface area contributed by atoms with Gasteiger partial charge in [0.2, 0.25) is 0 Å². The van der Waals surface area contributed by atoms with Gasteiger partial charge in [0.1, 0.15) is 0 Å². The Balaban J connectivity index is 2.16. The zero-order chi connectivity index (χ0) is 17.9. The standard InChI is InChI=1S/C17H27ClN6/c1-7-19-17(20-9-16-12(2)21-24(6)13(16)3)23(5)11-15-8-14(18)10-22(15)4/h8,10H,7,9,11H2,1-6H3,(H,19,20). The molecule has 24 heavy (non-hydrogen) atoms. The number of nitrogens with zero attached hydrogens (tertiary/aromatic N) is 5. The van der Waals surface area contributed by atoms with Gasteiger partial charge in [-0.1, -0.05) is 11.6 Å². The van der Waals surface area contributed by atoms with Crippen LogP contribution in [0.5, 0.6) is 0 Å². The fraction of sp³-hybridized carbons (Fsp3) is 0.529. The second-order valence-corrected chi connectivity index (χ2v) is 6.50. The van der Waals surface area contributed by atoms with E-state index >= 15 is 0 Å². The number of rotatable bonds is 5. The topological polar surface area (TPSA) is 50.4 Å². The summed E-state index contributed by atoms with van der Waals surface area (Å²) in [4.78, 5) is 6.89. The largest absolute Gasteiger partial charge is 0.357 e. The summed E-state index contributed by atoms with van der Waals surface area (Å²) < 4.78 is 3.95. The third-order valence-electron chi connectivity index (χ3n) is 4.22. The molecule has 2 heterocycles. The van der Waals surface area contributed by atoms with Crippen LogP contribution >= 0.6 is 11.6 Å². The lowest BCUT2D eigenvalue weighted by molar-refractivity contribution is 0.462. The first-order valence-corrected chi connectivity index (χ1v) is 8.50. The average Bonchev–Trinajstić information content (AvgIpc) is 2.95. The van der Waals surface area contributed by atoms with E-state index in [9.17, 15) is 0 Å². The summed E-state index contributed by atoms with van der Waals surface area (Å²) in [6.45, 7) is 8.35. The fourth-order valence-corrected chi connectivity index (χ4v) is 2.98. The molecule has 0 saturated carbocycles. The quantitative estimate of drug-likeness (QED) is 0.666. The Morgan fingerprint density at radius 3 is 2.58 bits per heavy atom. The van der Waals surface area contributed by atoms with Crippen LogP contribution in [0.25, 0.3) is 0 Å². The Morgan fingerprint density at radius 1 is 1.38 bits per heavy atom. The number of hydrogen-bond donors (Lipinski definition) is 1. The lowest BCUT2D eigenvalue weighted by atomic mass is 10.2. The van der Waals surface area contributed by atoms with Crippen LogP contribution in [0.3, 0.4) is 0 Å². The van der Waals surface area contributed by atoms with Crippen molar-refractivity contribution in [1.82, 2.24) is 24.6 Å². The molecule has 0 saturated heterocycles. The normalized spacial score (nSPS) is 11.9. The molecule has 2 aromatic rings. The summed E-state index contributed by atoms with van der Waals surface area (Å²) >= 11 is 6.07. The zero-order valence-corrected chi connectivity index (χ0v) is 16.1. The van der Waals surface area contributed by atoms with Crippen LogP contribution in [0.1, 0.15) is 29.6 Å². The zero-order valence-electron chi connectivity index (χ0n) is 15.4. The highest BCUT2D eigenvalue weighted by molar-refractivity contribution is 6.30. The number of hydrogen-bond acceptors (Lipinski definition) is 2. The van der Waals surface area contributed by atoms with Gasteiger partial charge < -0.3 is 14.8 Å². The van der Waals surface area contributed by atoms with Crippen LogP contribution in [0.15, 0.2) is 17.3 Å². The first-order valence-electron chi connectivity index (χ1n) is 8.12. The van der Waals surface area contributed by atoms with E-state index in [0.29, 0.717) is 6.54 Å². The van der Waals surface area contributed by atoms with Gasteiger partial charge in [-0.3, -0.25) is 4.68 Å². The number of aromatic nitrogens is 3. The minimum Gasteiger partial charge on any atom is -0.357 e. The first-order chi connectivity index (χ1) is 11.3. The Hall–Kier alpha value is -1.95. The molecule has 1 N–H and O–H groups in total. The number of aliphatic imine (C=N–C) groups is 1. The molecule has 0 aliphatic heterocycles. The summed E-state index contributed by atoms with van der Waals surface area (Å²) in [5.74, 6) is 0.873. The predicted molar refractivity (Wildman–Crippen MR) is 99.4 cm³/mol. The van der Waals surface area contributed by atoms with Gasteiger partial charge in [0.25, 0.3) is 0 Å². The van der Waals surface area contributed by atoms with Crippen molar-refractivity contribution < 1.29 is 0 Å². The van der Waals surface area contributed by atoms with Crippen LogP contribution in [-0.2, 0) is 27.2 Å². The molecule has 0 spiro atoms. The summed E-state index contributed by atoms with van der Waals surface area (Å²) in [5, 5.41) is 8.56. The second-order valence-electron chi connectivity index (χ2n) is 6.06. The molecule has 7 heteroatoms. The van der Waals surface area contributed by atoms with Crippen molar-refractivity contribution >= 4 is 17.6 Å². The predicted octanol–water partition coefficient (Wildman–Crippen LogP) is 2.63. The lowest BCUT2D eigenvalue weighted by Crippen LogP contribution is -2.38. The van der Waals surface area contributed by atoms with Crippen molar-refractivity contribution in [1.29, 1.82) is 0 Å². The van der Waals surface area contributed by atoms with Gasteiger partial charge in [-0.15, -0.1) is 0 Å². The molecule has 0 aromatic carbocycles. The minimum absolute atomic E-state index is 0.617. The van der Waals surface area contributed by atoms with Crippen molar-refractivity contribution in [3.05, 3.63) is 39.9 Å². The van der Waals surface area contributed by atoms with Crippen LogP contribution in [-0.4, -0.2) is 38.8 Å². The Labute approximate surface area is 149 Å². The third kappa shape index (κ3) is 4.12. The summed E-state index contributed by atoms with van der Waals surface area (Å²) in [6, 6.07) is 1.98. The molecule has 132 valence electrons. The van der Waals surface area contributed by atoms with E-state index in [4.69, 9.17) is 16.6 Å². The first kappa shape index (κ1) is 18.4. The Bertz CT molecular complexity index is 728. The molecule has 0 amide bonds. The van der Waals surface area contributed by atoms with Gasteiger partial charge in [-0.2, -0.15) is 5.10 Å². The van der Waals surface area contributed by atoms with E-state index in [-0.39, 0.29) is 0 Å². The Morgan fingerprint density at radius 2 is 2.08 bits per heavy atom. The maximum Gasteiger partial charge on any atom is 0.194 e. The maximum atomic E-state index is 6.07. The summed E-state index contributed by atoms with van der Waals surface area (Å²) in [5.41, 5.74) is 4.51. The third-order valence-corrected chi connectivity index (χ3v) is 4.42. The van der Waals surface area contributed by atoms with E-state index in [2.05, 4.69) is 29.2 Å². The highest BCUT2D eigenvalue weighted by atomic mass is 35.5. The summed E-state index contributed by atoms with van der Waals surface area (Å²) in [7, 11) is 6.00. The molecule has 0 unspecified atom stereocenters. The van der Waals surface area contributed by atoms with Gasteiger partial charge >= 0.3 is 0 Å². The van der Waals surface area contributed by atoms with E-state index in [1.807, 2.05) is 49.6 Å². The van der Waals surface area contributed by atoms with Crippen LogP contribution < -0.4 is 5.32 Å². The molecule has 2 rings (SSSR count). The molecular weight excluding hydrogens is 324 g/mol. The SMILES string of the molecule is CCNC(=NCc1c(C)nn(C)c1C)N(C)Cc1cc(Cl)cn1C. The number of aryl methyl sites for hydroxylation is 3. The average molecular weight is 351 g/mol. The number of halogens is 1. The second kappa shape index (κ2) is 7.75. The molecule has 2 aromatic heterocycles. The highest BCUT2D eigenvalue weighted by Crippen LogP contribution is 2.15. The molecule has 0 aliphatic rings. The monoisotopic (exact) mass is 350 g/mol. The fourth-order valence-electron chi connectivity index (χ4n) is 2.71. The van der Waals surface area contributed by atoms with E-state index < -0.39 is 0 Å². The van der Waals surface area contributed by atoms with Gasteiger partial charge in [0.05, 0.1) is 23.8 Å².